The van der Waals surface area contributed by atoms with Crippen molar-refractivity contribution in [1.29, 1.82) is 0 Å². The number of aromatic nitrogens is 2. The molecule has 6 nitrogen and oxygen atoms in total. The van der Waals surface area contributed by atoms with Crippen LogP contribution < -0.4 is 17.1 Å². The Balaban J connectivity index is 3.31. The van der Waals surface area contributed by atoms with Crippen molar-refractivity contribution in [3.8, 4) is 0 Å². The summed E-state index contributed by atoms with van der Waals surface area (Å²) >= 11 is 0. The molecule has 1 heterocycles. The second kappa shape index (κ2) is 2.82. The number of H-pyrrole nitrogens is 2. The molecule has 6 heteroatoms. The predicted octanol–water partition coefficient (Wildman–Crippen LogP) is -1.64. The molecule has 0 radical (unpaired) electrons. The van der Waals surface area contributed by atoms with Crippen LogP contribution in [-0.4, -0.2) is 16.2 Å². The second-order valence-electron chi connectivity index (χ2n) is 1.81. The molecule has 0 atom stereocenters. The number of nitrogens with zero attached hydrogens (tertiary/aromatic N) is 1. The Morgan fingerprint density at radius 2 is 2.27 bits per heavy atom. The first kappa shape index (κ1) is 7.26. The van der Waals surface area contributed by atoms with Gasteiger partial charge in [-0.3, -0.25) is 9.78 Å². The van der Waals surface area contributed by atoms with E-state index in [1.807, 2.05) is 4.98 Å². The van der Waals surface area contributed by atoms with Gasteiger partial charge in [-0.2, -0.15) is 5.10 Å². The van der Waals surface area contributed by atoms with Crippen molar-refractivity contribution in [3.63, 3.8) is 0 Å². The van der Waals surface area contributed by atoms with Crippen molar-refractivity contribution in [1.82, 2.24) is 9.97 Å². The zero-order chi connectivity index (χ0) is 8.27. The number of rotatable bonds is 1. The third-order valence-electron chi connectivity index (χ3n) is 1.06. The fourth-order valence-corrected chi connectivity index (χ4v) is 0.596. The van der Waals surface area contributed by atoms with Gasteiger partial charge in [0.05, 0.1) is 11.8 Å². The maximum atomic E-state index is 10.8. The van der Waals surface area contributed by atoms with Crippen molar-refractivity contribution >= 4 is 6.21 Å². The first-order valence-electron chi connectivity index (χ1n) is 2.79. The van der Waals surface area contributed by atoms with E-state index in [4.69, 9.17) is 5.84 Å². The normalized spacial score (nSPS) is 10.5. The molecular weight excluding hydrogens is 148 g/mol. The zero-order valence-corrected chi connectivity index (χ0v) is 5.50. The van der Waals surface area contributed by atoms with Crippen molar-refractivity contribution < 1.29 is 0 Å². The van der Waals surface area contributed by atoms with Crippen molar-refractivity contribution in [3.05, 3.63) is 32.6 Å². The van der Waals surface area contributed by atoms with E-state index in [0.29, 0.717) is 0 Å². The van der Waals surface area contributed by atoms with E-state index in [-0.39, 0.29) is 5.56 Å². The van der Waals surface area contributed by atoms with E-state index in [1.54, 1.807) is 0 Å². The molecular formula is C5H6N4O2. The smallest absolute Gasteiger partial charge is 0.323 e. The van der Waals surface area contributed by atoms with Crippen LogP contribution in [0.1, 0.15) is 5.56 Å². The Morgan fingerprint density at radius 1 is 1.55 bits per heavy atom. The van der Waals surface area contributed by atoms with Gasteiger partial charge in [0.25, 0.3) is 5.56 Å². The van der Waals surface area contributed by atoms with Crippen LogP contribution in [0.5, 0.6) is 0 Å². The molecule has 1 rings (SSSR count). The predicted molar refractivity (Wildman–Crippen MR) is 39.5 cm³/mol. The van der Waals surface area contributed by atoms with Crippen LogP contribution >= 0.6 is 0 Å². The lowest BCUT2D eigenvalue weighted by Gasteiger charge is -1.86. The lowest BCUT2D eigenvalue weighted by Crippen LogP contribution is -2.24. The molecule has 0 aliphatic heterocycles. The molecule has 0 unspecified atom stereocenters. The molecule has 0 bridgehead atoms. The molecule has 1 aromatic rings. The Bertz CT molecular complexity index is 375. The summed E-state index contributed by atoms with van der Waals surface area (Å²) in [4.78, 5) is 25.5. The van der Waals surface area contributed by atoms with Crippen LogP contribution in [0.3, 0.4) is 0 Å². The van der Waals surface area contributed by atoms with E-state index in [9.17, 15) is 9.59 Å². The van der Waals surface area contributed by atoms with Gasteiger partial charge in [0.1, 0.15) is 0 Å². The first-order chi connectivity index (χ1) is 5.24. The summed E-state index contributed by atoms with van der Waals surface area (Å²) in [6, 6.07) is 0. The maximum Gasteiger partial charge on any atom is 0.325 e. The Hall–Kier alpha value is -1.85. The van der Waals surface area contributed by atoms with Crippen LogP contribution in [0.4, 0.5) is 0 Å². The zero-order valence-electron chi connectivity index (χ0n) is 5.50. The molecule has 4 N–H and O–H groups in total. The van der Waals surface area contributed by atoms with Crippen molar-refractivity contribution in [2.75, 3.05) is 0 Å². The number of hydrogen-bond acceptors (Lipinski definition) is 4. The minimum Gasteiger partial charge on any atom is -0.323 e. The minimum atomic E-state index is -0.552. The fraction of sp³-hybridized carbons (Fsp3) is 0. The number of nitrogens with two attached hydrogens (primary N) is 1. The molecule has 1 aromatic heterocycles. The molecule has 0 spiro atoms. The van der Waals surface area contributed by atoms with Crippen LogP contribution in [0.15, 0.2) is 20.9 Å². The largest absolute Gasteiger partial charge is 0.325 e. The van der Waals surface area contributed by atoms with Crippen molar-refractivity contribution in [2.45, 2.75) is 0 Å². The third-order valence-corrected chi connectivity index (χ3v) is 1.06. The molecule has 11 heavy (non-hydrogen) atoms. The molecule has 0 fully saturated rings. The van der Waals surface area contributed by atoms with Gasteiger partial charge in [-0.15, -0.1) is 0 Å². The lowest BCUT2D eigenvalue weighted by molar-refractivity contribution is 1.03. The first-order valence-corrected chi connectivity index (χ1v) is 2.79. The summed E-state index contributed by atoms with van der Waals surface area (Å²) < 4.78 is 0. The monoisotopic (exact) mass is 154 g/mol. The highest BCUT2D eigenvalue weighted by molar-refractivity contribution is 5.77. The van der Waals surface area contributed by atoms with Gasteiger partial charge >= 0.3 is 5.69 Å². The Labute approximate surface area is 60.8 Å². The summed E-state index contributed by atoms with van der Waals surface area (Å²) in [5, 5.41) is 3.13. The van der Waals surface area contributed by atoms with E-state index >= 15 is 0 Å². The number of nitrogens with one attached hydrogen (secondary N) is 2. The maximum absolute atomic E-state index is 10.8. The lowest BCUT2D eigenvalue weighted by atomic mass is 10.4. The quantitative estimate of drug-likeness (QED) is 0.256. The van der Waals surface area contributed by atoms with E-state index < -0.39 is 11.2 Å². The average Bonchev–Trinajstić information content (AvgIpc) is 1.95. The average molecular weight is 154 g/mol. The molecule has 0 amide bonds. The van der Waals surface area contributed by atoms with E-state index in [1.165, 1.54) is 6.20 Å². The highest BCUT2D eigenvalue weighted by Gasteiger charge is 1.93. The highest BCUT2D eigenvalue weighted by Crippen LogP contribution is 1.74. The van der Waals surface area contributed by atoms with Gasteiger partial charge < -0.3 is 10.8 Å². The van der Waals surface area contributed by atoms with Gasteiger partial charge in [0, 0.05) is 6.20 Å². The molecule has 0 saturated carbocycles. The van der Waals surface area contributed by atoms with Gasteiger partial charge in [-0.25, -0.2) is 4.79 Å². The van der Waals surface area contributed by atoms with E-state index in [2.05, 4.69) is 10.1 Å². The highest BCUT2D eigenvalue weighted by atomic mass is 16.2. The minimum absolute atomic E-state index is 0.215. The van der Waals surface area contributed by atoms with Gasteiger partial charge in [0.15, 0.2) is 0 Å². The van der Waals surface area contributed by atoms with Crippen LogP contribution in [0.2, 0.25) is 0 Å². The molecule has 0 aromatic carbocycles. The van der Waals surface area contributed by atoms with Gasteiger partial charge in [-0.1, -0.05) is 0 Å². The topological polar surface area (TPSA) is 104 Å². The molecule has 0 aliphatic rings. The molecule has 0 saturated heterocycles. The van der Waals surface area contributed by atoms with Crippen molar-refractivity contribution in [2.24, 2.45) is 10.9 Å². The summed E-state index contributed by atoms with van der Waals surface area (Å²) in [6.45, 7) is 0. The van der Waals surface area contributed by atoms with Crippen LogP contribution in [0, 0.1) is 0 Å². The summed E-state index contributed by atoms with van der Waals surface area (Å²) in [5.41, 5.74) is -0.848. The van der Waals surface area contributed by atoms with Gasteiger partial charge in [-0.05, 0) is 0 Å². The number of hydrazone groups is 1. The fourth-order valence-electron chi connectivity index (χ4n) is 0.596. The summed E-state index contributed by atoms with van der Waals surface area (Å²) in [6.07, 6.45) is 2.38. The number of aromatic amines is 2. The van der Waals surface area contributed by atoms with E-state index in [0.717, 1.165) is 6.21 Å². The van der Waals surface area contributed by atoms with Crippen LogP contribution in [0.25, 0.3) is 0 Å². The SMILES string of the molecule is NN=Cc1c[nH]c(=O)[nH]c1=O. The Morgan fingerprint density at radius 3 is 2.82 bits per heavy atom. The molecule has 58 valence electrons. The molecule has 0 aliphatic carbocycles. The summed E-state index contributed by atoms with van der Waals surface area (Å²) in [5.74, 6) is 4.79. The van der Waals surface area contributed by atoms with Gasteiger partial charge in [0.2, 0.25) is 0 Å². The summed E-state index contributed by atoms with van der Waals surface area (Å²) in [7, 11) is 0. The van der Waals surface area contributed by atoms with Crippen LogP contribution in [-0.2, 0) is 0 Å². The number of hydrogen-bond donors (Lipinski definition) is 3. The standard InChI is InChI=1S/C5H6N4O2/c6-8-2-3-1-7-5(11)9-4(3)10/h1-2H,6H2,(H2,7,9,10,11). The Kier molecular flexibility index (Phi) is 1.86. The third kappa shape index (κ3) is 1.54. The second-order valence-corrected chi connectivity index (χ2v) is 1.81.